The molecule has 4 heteroatoms. The van der Waals surface area contributed by atoms with Gasteiger partial charge in [0.1, 0.15) is 0 Å². The standard InChI is InChI=1S/C27H31NO3/c1-21(18-28-19-24-14-16-26(17-15-24)27(29)30-2)31-20-25-12-10-23(11-13-25)9-8-22-6-4-3-5-7-22/h3-7,10-17,21,28H,8-9,18-20H2,1-2H3/t21-/m1/s1. The minimum absolute atomic E-state index is 0.104. The molecule has 0 fully saturated rings. The van der Waals surface area contributed by atoms with E-state index in [-0.39, 0.29) is 12.1 Å². The van der Waals surface area contributed by atoms with Crippen LogP contribution in [-0.4, -0.2) is 25.7 Å². The first-order chi connectivity index (χ1) is 15.1. The van der Waals surface area contributed by atoms with Gasteiger partial charge in [0.15, 0.2) is 0 Å². The van der Waals surface area contributed by atoms with Crippen molar-refractivity contribution >= 4 is 5.97 Å². The predicted molar refractivity (Wildman–Crippen MR) is 124 cm³/mol. The number of benzene rings is 3. The lowest BCUT2D eigenvalue weighted by Crippen LogP contribution is -2.26. The average molecular weight is 418 g/mol. The third kappa shape index (κ3) is 7.67. The second kappa shape index (κ2) is 12.0. The lowest BCUT2D eigenvalue weighted by Gasteiger charge is -2.14. The topological polar surface area (TPSA) is 47.6 Å². The van der Waals surface area contributed by atoms with Crippen LogP contribution < -0.4 is 5.32 Å². The molecule has 0 saturated heterocycles. The summed E-state index contributed by atoms with van der Waals surface area (Å²) in [5.74, 6) is -0.314. The Morgan fingerprint density at radius 1 is 0.806 bits per heavy atom. The monoisotopic (exact) mass is 417 g/mol. The maximum Gasteiger partial charge on any atom is 0.337 e. The number of carbonyl (C=O) groups is 1. The van der Waals surface area contributed by atoms with Crippen LogP contribution in [0.3, 0.4) is 0 Å². The van der Waals surface area contributed by atoms with Crippen LogP contribution in [0.2, 0.25) is 0 Å². The fourth-order valence-corrected chi connectivity index (χ4v) is 3.33. The highest BCUT2D eigenvalue weighted by atomic mass is 16.5. The Hall–Kier alpha value is -2.95. The fourth-order valence-electron chi connectivity index (χ4n) is 3.33. The highest BCUT2D eigenvalue weighted by Gasteiger charge is 2.06. The molecule has 3 aromatic carbocycles. The Kier molecular flexibility index (Phi) is 8.83. The summed E-state index contributed by atoms with van der Waals surface area (Å²) in [6.45, 7) is 4.16. The third-order valence-corrected chi connectivity index (χ3v) is 5.24. The largest absolute Gasteiger partial charge is 0.465 e. The first kappa shape index (κ1) is 22.7. The molecule has 162 valence electrons. The van der Waals surface area contributed by atoms with Gasteiger partial charge in [-0.05, 0) is 54.2 Å². The molecule has 4 nitrogen and oxygen atoms in total. The van der Waals surface area contributed by atoms with Crippen LogP contribution in [-0.2, 0) is 35.5 Å². The van der Waals surface area contributed by atoms with Gasteiger partial charge in [-0.3, -0.25) is 0 Å². The molecule has 0 radical (unpaired) electrons. The summed E-state index contributed by atoms with van der Waals surface area (Å²) in [4.78, 5) is 11.5. The molecule has 0 bridgehead atoms. The number of carbonyl (C=O) groups excluding carboxylic acids is 1. The van der Waals surface area contributed by atoms with Gasteiger partial charge in [-0.1, -0.05) is 66.7 Å². The average Bonchev–Trinajstić information content (AvgIpc) is 2.82. The minimum atomic E-state index is -0.314. The number of aryl methyl sites for hydroxylation is 2. The van der Waals surface area contributed by atoms with Crippen LogP contribution in [0.4, 0.5) is 0 Å². The lowest BCUT2D eigenvalue weighted by atomic mass is 10.0. The van der Waals surface area contributed by atoms with Crippen molar-refractivity contribution in [3.8, 4) is 0 Å². The molecule has 0 aliphatic rings. The molecule has 0 spiro atoms. The van der Waals surface area contributed by atoms with Gasteiger partial charge in [-0.15, -0.1) is 0 Å². The van der Waals surface area contributed by atoms with Crippen LogP contribution in [0.5, 0.6) is 0 Å². The number of hydrogen-bond donors (Lipinski definition) is 1. The molecular weight excluding hydrogens is 386 g/mol. The van der Waals surface area contributed by atoms with Crippen molar-refractivity contribution in [2.45, 2.75) is 39.0 Å². The molecular formula is C27H31NO3. The Labute approximate surface area is 185 Å². The van der Waals surface area contributed by atoms with Crippen molar-refractivity contribution in [1.29, 1.82) is 0 Å². The summed E-state index contributed by atoms with van der Waals surface area (Å²) >= 11 is 0. The van der Waals surface area contributed by atoms with Crippen molar-refractivity contribution in [3.63, 3.8) is 0 Å². The van der Waals surface area contributed by atoms with Gasteiger partial charge in [0.2, 0.25) is 0 Å². The van der Waals surface area contributed by atoms with E-state index in [1.54, 1.807) is 12.1 Å². The maximum absolute atomic E-state index is 11.5. The Morgan fingerprint density at radius 2 is 1.39 bits per heavy atom. The van der Waals surface area contributed by atoms with Gasteiger partial charge >= 0.3 is 5.97 Å². The Morgan fingerprint density at radius 3 is 2.03 bits per heavy atom. The van der Waals surface area contributed by atoms with E-state index in [4.69, 9.17) is 9.47 Å². The quantitative estimate of drug-likeness (QED) is 0.448. The summed E-state index contributed by atoms with van der Waals surface area (Å²) in [6, 6.07) is 26.7. The van der Waals surface area contributed by atoms with Crippen LogP contribution in [0.25, 0.3) is 0 Å². The number of rotatable bonds is 11. The Balaban J connectivity index is 1.34. The van der Waals surface area contributed by atoms with Crippen molar-refractivity contribution in [1.82, 2.24) is 5.32 Å². The molecule has 1 N–H and O–H groups in total. The first-order valence-corrected chi connectivity index (χ1v) is 10.8. The van der Waals surface area contributed by atoms with Crippen LogP contribution >= 0.6 is 0 Å². The second-order valence-corrected chi connectivity index (χ2v) is 7.74. The molecule has 1 atom stereocenters. The van der Waals surface area contributed by atoms with Crippen molar-refractivity contribution in [3.05, 3.63) is 107 Å². The summed E-state index contributed by atoms with van der Waals surface area (Å²) in [7, 11) is 1.39. The zero-order valence-corrected chi connectivity index (χ0v) is 18.3. The van der Waals surface area contributed by atoms with Gasteiger partial charge in [0.25, 0.3) is 0 Å². The van der Waals surface area contributed by atoms with Crippen LogP contribution in [0, 0.1) is 0 Å². The smallest absolute Gasteiger partial charge is 0.337 e. The molecule has 3 rings (SSSR count). The van der Waals surface area contributed by atoms with Crippen molar-refractivity contribution in [2.75, 3.05) is 13.7 Å². The van der Waals surface area contributed by atoms with Crippen LogP contribution in [0.1, 0.15) is 39.5 Å². The van der Waals surface area contributed by atoms with E-state index in [2.05, 4.69) is 66.8 Å². The molecule has 0 amide bonds. The number of ether oxygens (including phenoxy) is 2. The zero-order chi connectivity index (χ0) is 21.9. The van der Waals surface area contributed by atoms with E-state index in [0.29, 0.717) is 12.2 Å². The fraction of sp³-hybridized carbons (Fsp3) is 0.296. The zero-order valence-electron chi connectivity index (χ0n) is 18.3. The van der Waals surface area contributed by atoms with Crippen molar-refractivity contribution in [2.24, 2.45) is 0 Å². The first-order valence-electron chi connectivity index (χ1n) is 10.8. The lowest BCUT2D eigenvalue weighted by molar-refractivity contribution is 0.0530. The van der Waals surface area contributed by atoms with E-state index < -0.39 is 0 Å². The molecule has 0 aromatic heterocycles. The van der Waals surface area contributed by atoms with Gasteiger partial charge in [-0.25, -0.2) is 4.79 Å². The highest BCUT2D eigenvalue weighted by Crippen LogP contribution is 2.11. The van der Waals surface area contributed by atoms with E-state index >= 15 is 0 Å². The van der Waals surface area contributed by atoms with Gasteiger partial charge in [-0.2, -0.15) is 0 Å². The Bertz CT molecular complexity index is 921. The third-order valence-electron chi connectivity index (χ3n) is 5.24. The van der Waals surface area contributed by atoms with Gasteiger partial charge < -0.3 is 14.8 Å². The number of methoxy groups -OCH3 is 1. The highest BCUT2D eigenvalue weighted by molar-refractivity contribution is 5.89. The molecule has 0 aliphatic heterocycles. The summed E-state index contributed by atoms with van der Waals surface area (Å²) in [5, 5.41) is 3.40. The van der Waals surface area contributed by atoms with E-state index in [1.165, 1.54) is 23.8 Å². The number of nitrogens with one attached hydrogen (secondary N) is 1. The van der Waals surface area contributed by atoms with Crippen LogP contribution in [0.15, 0.2) is 78.9 Å². The molecule has 0 heterocycles. The molecule has 0 aliphatic carbocycles. The second-order valence-electron chi connectivity index (χ2n) is 7.74. The van der Waals surface area contributed by atoms with Gasteiger partial charge in [0.05, 0.1) is 25.4 Å². The normalized spacial score (nSPS) is 11.8. The summed E-state index contributed by atoms with van der Waals surface area (Å²) in [6.07, 6.45) is 2.21. The molecule has 3 aromatic rings. The number of hydrogen-bond acceptors (Lipinski definition) is 4. The van der Waals surface area contributed by atoms with E-state index in [9.17, 15) is 4.79 Å². The maximum atomic E-state index is 11.5. The summed E-state index contributed by atoms with van der Waals surface area (Å²) in [5.41, 5.74) is 5.59. The van der Waals surface area contributed by atoms with E-state index in [1.807, 2.05) is 12.1 Å². The van der Waals surface area contributed by atoms with Gasteiger partial charge in [0, 0.05) is 13.1 Å². The minimum Gasteiger partial charge on any atom is -0.465 e. The molecule has 0 saturated carbocycles. The number of esters is 1. The molecule has 31 heavy (non-hydrogen) atoms. The van der Waals surface area contributed by atoms with E-state index in [0.717, 1.165) is 31.5 Å². The van der Waals surface area contributed by atoms with Crippen molar-refractivity contribution < 1.29 is 14.3 Å². The molecule has 0 unspecified atom stereocenters. The SMILES string of the molecule is COC(=O)c1ccc(CNC[C@@H](C)OCc2ccc(CCc3ccccc3)cc2)cc1. The summed E-state index contributed by atoms with van der Waals surface area (Å²) < 4.78 is 10.7. The predicted octanol–water partition coefficient (Wildman–Crippen LogP) is 4.95.